The Balaban J connectivity index is 2.04. The Morgan fingerprint density at radius 2 is 1.54 bits per heavy atom. The average molecular weight is 319 g/mol. The molecule has 0 radical (unpaired) electrons. The first-order chi connectivity index (χ1) is 11.8. The molecule has 124 valence electrons. The summed E-state index contributed by atoms with van der Waals surface area (Å²) >= 11 is 0. The maximum atomic E-state index is 4.86. The summed E-state index contributed by atoms with van der Waals surface area (Å²) in [5.41, 5.74) is 4.46. The van der Waals surface area contributed by atoms with Gasteiger partial charge >= 0.3 is 0 Å². The molecule has 2 aromatic carbocycles. The van der Waals surface area contributed by atoms with Crippen LogP contribution >= 0.6 is 0 Å². The Morgan fingerprint density at radius 1 is 0.833 bits per heavy atom. The Kier molecular flexibility index (Phi) is 4.99. The first-order valence-electron chi connectivity index (χ1n) is 8.75. The van der Waals surface area contributed by atoms with Crippen molar-refractivity contribution in [2.24, 2.45) is 4.99 Å². The molecule has 24 heavy (non-hydrogen) atoms. The van der Waals surface area contributed by atoms with Gasteiger partial charge in [-0.3, -0.25) is 0 Å². The lowest BCUT2D eigenvalue weighted by Gasteiger charge is -2.20. The van der Waals surface area contributed by atoms with E-state index < -0.39 is 0 Å². The Hall–Kier alpha value is -2.55. The van der Waals surface area contributed by atoms with Crippen LogP contribution in [-0.2, 0) is 6.54 Å². The second-order valence-corrected chi connectivity index (χ2v) is 5.80. The van der Waals surface area contributed by atoms with Crippen molar-refractivity contribution in [2.45, 2.75) is 27.3 Å². The molecule has 0 unspecified atom stereocenters. The van der Waals surface area contributed by atoms with Gasteiger partial charge in [0.1, 0.15) is 5.49 Å². The molecule has 0 fully saturated rings. The highest BCUT2D eigenvalue weighted by molar-refractivity contribution is 5.78. The lowest BCUT2D eigenvalue weighted by Crippen LogP contribution is -2.21. The van der Waals surface area contributed by atoms with Crippen molar-refractivity contribution in [3.05, 3.63) is 66.2 Å². The van der Waals surface area contributed by atoms with Gasteiger partial charge in [-0.25, -0.2) is 4.99 Å². The van der Waals surface area contributed by atoms with Gasteiger partial charge in [0.25, 0.3) is 0 Å². The molecular weight excluding hydrogens is 294 g/mol. The number of pyridine rings is 1. The third kappa shape index (κ3) is 3.21. The zero-order valence-corrected chi connectivity index (χ0v) is 14.7. The SMILES string of the molecule is CCN(CC)c1ccc(N=c2ccc3ccccc3n2CC)cc1. The van der Waals surface area contributed by atoms with E-state index in [2.05, 4.69) is 90.9 Å². The summed E-state index contributed by atoms with van der Waals surface area (Å²) in [7, 11) is 0. The summed E-state index contributed by atoms with van der Waals surface area (Å²) in [5.74, 6) is 0. The van der Waals surface area contributed by atoms with E-state index in [0.717, 1.165) is 30.8 Å². The summed E-state index contributed by atoms with van der Waals surface area (Å²) in [6.07, 6.45) is 0. The largest absolute Gasteiger partial charge is 0.372 e. The summed E-state index contributed by atoms with van der Waals surface area (Å²) < 4.78 is 2.26. The number of fused-ring (bicyclic) bond motifs is 1. The van der Waals surface area contributed by atoms with Gasteiger partial charge in [0.05, 0.1) is 5.69 Å². The van der Waals surface area contributed by atoms with Crippen molar-refractivity contribution >= 4 is 22.3 Å². The van der Waals surface area contributed by atoms with E-state index >= 15 is 0 Å². The van der Waals surface area contributed by atoms with Crippen LogP contribution in [0.5, 0.6) is 0 Å². The molecule has 0 saturated heterocycles. The Bertz CT molecular complexity index is 871. The van der Waals surface area contributed by atoms with Crippen LogP contribution in [0.1, 0.15) is 20.8 Å². The van der Waals surface area contributed by atoms with E-state index in [-0.39, 0.29) is 0 Å². The highest BCUT2D eigenvalue weighted by Crippen LogP contribution is 2.19. The van der Waals surface area contributed by atoms with Crippen LogP contribution in [0.4, 0.5) is 11.4 Å². The maximum Gasteiger partial charge on any atom is 0.133 e. The molecule has 3 rings (SSSR count). The minimum atomic E-state index is 0.901. The van der Waals surface area contributed by atoms with Gasteiger partial charge in [0.2, 0.25) is 0 Å². The second kappa shape index (κ2) is 7.35. The molecule has 0 saturated carbocycles. The van der Waals surface area contributed by atoms with E-state index in [9.17, 15) is 0 Å². The van der Waals surface area contributed by atoms with E-state index in [0.29, 0.717) is 0 Å². The van der Waals surface area contributed by atoms with E-state index in [4.69, 9.17) is 4.99 Å². The second-order valence-electron chi connectivity index (χ2n) is 5.80. The average Bonchev–Trinajstić information content (AvgIpc) is 2.64. The van der Waals surface area contributed by atoms with Gasteiger partial charge in [-0.1, -0.05) is 18.2 Å². The number of aromatic nitrogens is 1. The standard InChI is InChI=1S/C21H25N3/c1-4-23(5-2)19-14-12-18(13-15-19)22-21-16-11-17-9-7-8-10-20(17)24(21)6-3/h7-16H,4-6H2,1-3H3. The maximum absolute atomic E-state index is 4.86. The normalized spacial score (nSPS) is 11.9. The molecule has 0 aliphatic carbocycles. The minimum absolute atomic E-state index is 0.901. The fourth-order valence-electron chi connectivity index (χ4n) is 3.14. The van der Waals surface area contributed by atoms with Crippen LogP contribution in [-0.4, -0.2) is 17.7 Å². The summed E-state index contributed by atoms with van der Waals surface area (Å²) in [6.45, 7) is 9.47. The van der Waals surface area contributed by atoms with Crippen LogP contribution in [0, 0.1) is 0 Å². The number of hydrogen-bond donors (Lipinski definition) is 0. The number of rotatable bonds is 5. The molecule has 0 atom stereocenters. The molecule has 0 spiro atoms. The van der Waals surface area contributed by atoms with Crippen LogP contribution in [0.3, 0.4) is 0 Å². The predicted octanol–water partition coefficient (Wildman–Crippen LogP) is 4.74. The molecule has 3 heteroatoms. The predicted molar refractivity (Wildman–Crippen MR) is 103 cm³/mol. The first kappa shape index (κ1) is 16.3. The fraction of sp³-hybridized carbons (Fsp3) is 0.286. The van der Waals surface area contributed by atoms with Crippen LogP contribution in [0.25, 0.3) is 10.9 Å². The monoisotopic (exact) mass is 319 g/mol. The molecular formula is C21H25N3. The van der Waals surface area contributed by atoms with E-state index in [1.54, 1.807) is 0 Å². The molecule has 0 N–H and O–H groups in total. The Labute approximate surface area is 143 Å². The van der Waals surface area contributed by atoms with Crippen LogP contribution in [0.2, 0.25) is 0 Å². The summed E-state index contributed by atoms with van der Waals surface area (Å²) in [4.78, 5) is 7.20. The van der Waals surface area contributed by atoms with Crippen molar-refractivity contribution in [1.29, 1.82) is 0 Å². The molecule has 0 aliphatic heterocycles. The molecule has 1 heterocycles. The van der Waals surface area contributed by atoms with Crippen LogP contribution < -0.4 is 10.4 Å². The highest BCUT2D eigenvalue weighted by atomic mass is 15.1. The molecule has 1 aromatic heterocycles. The van der Waals surface area contributed by atoms with Crippen LogP contribution in [0.15, 0.2) is 65.7 Å². The van der Waals surface area contributed by atoms with Crippen molar-refractivity contribution < 1.29 is 0 Å². The zero-order chi connectivity index (χ0) is 16.9. The van der Waals surface area contributed by atoms with E-state index in [1.807, 2.05) is 0 Å². The lowest BCUT2D eigenvalue weighted by atomic mass is 10.2. The molecule has 0 amide bonds. The first-order valence-corrected chi connectivity index (χ1v) is 8.75. The van der Waals surface area contributed by atoms with Gasteiger partial charge in [-0.2, -0.15) is 0 Å². The van der Waals surface area contributed by atoms with Crippen molar-refractivity contribution in [3.8, 4) is 0 Å². The third-order valence-electron chi connectivity index (χ3n) is 4.45. The lowest BCUT2D eigenvalue weighted by molar-refractivity contribution is 0.745. The van der Waals surface area contributed by atoms with Crippen molar-refractivity contribution in [2.75, 3.05) is 18.0 Å². The van der Waals surface area contributed by atoms with Crippen molar-refractivity contribution in [1.82, 2.24) is 4.57 Å². The van der Waals surface area contributed by atoms with Gasteiger partial charge in [0, 0.05) is 30.8 Å². The van der Waals surface area contributed by atoms with Gasteiger partial charge in [-0.05, 0) is 68.6 Å². The molecule has 0 bridgehead atoms. The fourth-order valence-corrected chi connectivity index (χ4v) is 3.14. The molecule has 3 aromatic rings. The van der Waals surface area contributed by atoms with Gasteiger partial charge in [-0.15, -0.1) is 0 Å². The number of nitrogens with zero attached hydrogens (tertiary/aromatic N) is 3. The topological polar surface area (TPSA) is 20.5 Å². The quantitative estimate of drug-likeness (QED) is 0.665. The number of anilines is 1. The van der Waals surface area contributed by atoms with E-state index in [1.165, 1.54) is 16.6 Å². The molecule has 3 nitrogen and oxygen atoms in total. The number of benzene rings is 2. The van der Waals surface area contributed by atoms with Gasteiger partial charge < -0.3 is 9.47 Å². The zero-order valence-electron chi connectivity index (χ0n) is 14.7. The smallest absolute Gasteiger partial charge is 0.133 e. The number of aryl methyl sites for hydroxylation is 1. The molecule has 0 aliphatic rings. The van der Waals surface area contributed by atoms with Gasteiger partial charge in [0.15, 0.2) is 0 Å². The summed E-state index contributed by atoms with van der Waals surface area (Å²) in [5, 5.41) is 1.25. The number of para-hydroxylation sites is 1. The Morgan fingerprint density at radius 3 is 2.21 bits per heavy atom. The minimum Gasteiger partial charge on any atom is -0.372 e. The summed E-state index contributed by atoms with van der Waals surface area (Å²) in [6, 6.07) is 21.2. The van der Waals surface area contributed by atoms with Crippen molar-refractivity contribution in [3.63, 3.8) is 0 Å². The third-order valence-corrected chi connectivity index (χ3v) is 4.45. The highest BCUT2D eigenvalue weighted by Gasteiger charge is 2.02. The number of hydrogen-bond acceptors (Lipinski definition) is 2.